The van der Waals surface area contributed by atoms with Crippen molar-refractivity contribution in [2.24, 2.45) is 0 Å². The normalized spacial score (nSPS) is 15.7. The van der Waals surface area contributed by atoms with Crippen LogP contribution in [0.3, 0.4) is 0 Å². The zero-order valence-electron chi connectivity index (χ0n) is 23.7. The van der Waals surface area contributed by atoms with Crippen molar-refractivity contribution < 1.29 is 0 Å². The highest BCUT2D eigenvalue weighted by molar-refractivity contribution is 9.10. The Balaban J connectivity index is 1.52. The molecule has 1 heterocycles. The van der Waals surface area contributed by atoms with E-state index in [2.05, 4.69) is 167 Å². The molecule has 2 aliphatic carbocycles. The molecule has 0 atom stereocenters. The molecule has 6 aromatic rings. The summed E-state index contributed by atoms with van der Waals surface area (Å²) in [4.78, 5) is 2.65. The third-order valence-corrected chi connectivity index (χ3v) is 12.0. The summed E-state index contributed by atoms with van der Waals surface area (Å²) in [6, 6.07) is 45.8. The summed E-state index contributed by atoms with van der Waals surface area (Å²) in [5, 5.41) is 0. The Morgan fingerprint density at radius 3 is 1.60 bits per heavy atom. The lowest BCUT2D eigenvalue weighted by atomic mass is 9.62. The molecule has 6 aromatic carbocycles. The van der Waals surface area contributed by atoms with Gasteiger partial charge in [0.15, 0.2) is 0 Å². The van der Waals surface area contributed by atoms with E-state index in [1.807, 2.05) is 11.8 Å². The molecule has 0 bridgehead atoms. The van der Waals surface area contributed by atoms with Crippen molar-refractivity contribution in [3.63, 3.8) is 0 Å². The van der Waals surface area contributed by atoms with Gasteiger partial charge in [-0.1, -0.05) is 136 Å². The monoisotopic (exact) mass is 696 g/mol. The molecular formula is C40H26Br2S. The van der Waals surface area contributed by atoms with Crippen LogP contribution >= 0.6 is 43.6 Å². The highest BCUT2D eigenvalue weighted by Crippen LogP contribution is 2.63. The Hall–Kier alpha value is -3.37. The highest BCUT2D eigenvalue weighted by Gasteiger charge is 2.50. The van der Waals surface area contributed by atoms with Gasteiger partial charge in [-0.15, -0.1) is 0 Å². The molecule has 0 N–H and O–H groups in total. The SMILES string of the molecule is CC1(C)c2ccccc2-c2cc3c(cc21)Sc1ccccc1C31c2cc(Br)ccc2-c2ccccc2-c2ccc(Br)cc21. The molecule has 0 saturated carbocycles. The third-order valence-electron chi connectivity index (χ3n) is 9.88. The summed E-state index contributed by atoms with van der Waals surface area (Å²) in [5.41, 5.74) is 15.3. The highest BCUT2D eigenvalue weighted by atomic mass is 79.9. The van der Waals surface area contributed by atoms with Crippen molar-refractivity contribution in [1.29, 1.82) is 0 Å². The van der Waals surface area contributed by atoms with E-state index >= 15 is 0 Å². The van der Waals surface area contributed by atoms with Gasteiger partial charge in [0, 0.05) is 24.2 Å². The van der Waals surface area contributed by atoms with Crippen LogP contribution in [-0.2, 0) is 10.8 Å². The van der Waals surface area contributed by atoms with Crippen molar-refractivity contribution in [1.82, 2.24) is 0 Å². The Morgan fingerprint density at radius 2 is 0.953 bits per heavy atom. The fourth-order valence-corrected chi connectivity index (χ4v) is 9.97. The van der Waals surface area contributed by atoms with Gasteiger partial charge in [-0.3, -0.25) is 0 Å². The van der Waals surface area contributed by atoms with Crippen molar-refractivity contribution >= 4 is 43.6 Å². The second kappa shape index (κ2) is 9.08. The smallest absolute Gasteiger partial charge is 0.0736 e. The summed E-state index contributed by atoms with van der Waals surface area (Å²) < 4.78 is 2.18. The van der Waals surface area contributed by atoms with Crippen LogP contribution < -0.4 is 0 Å². The van der Waals surface area contributed by atoms with Crippen LogP contribution in [0.2, 0.25) is 0 Å². The van der Waals surface area contributed by atoms with Crippen LogP contribution in [0.15, 0.2) is 140 Å². The van der Waals surface area contributed by atoms with Gasteiger partial charge >= 0.3 is 0 Å². The summed E-state index contributed by atoms with van der Waals surface area (Å²) in [6.45, 7) is 4.75. The number of hydrogen-bond donors (Lipinski definition) is 0. The molecule has 0 fully saturated rings. The Labute approximate surface area is 273 Å². The Bertz CT molecular complexity index is 2100. The maximum absolute atomic E-state index is 3.91. The fourth-order valence-electron chi connectivity index (χ4n) is 8.04. The molecule has 43 heavy (non-hydrogen) atoms. The molecule has 0 unspecified atom stereocenters. The molecule has 3 heteroatoms. The van der Waals surface area contributed by atoms with Crippen LogP contribution in [0.25, 0.3) is 33.4 Å². The van der Waals surface area contributed by atoms with E-state index in [-0.39, 0.29) is 5.41 Å². The van der Waals surface area contributed by atoms with E-state index in [9.17, 15) is 0 Å². The van der Waals surface area contributed by atoms with Gasteiger partial charge in [-0.2, -0.15) is 0 Å². The summed E-state index contributed by atoms with van der Waals surface area (Å²) in [6.07, 6.45) is 0. The molecule has 1 spiro atoms. The minimum absolute atomic E-state index is 0.0623. The predicted molar refractivity (Wildman–Crippen MR) is 186 cm³/mol. The van der Waals surface area contributed by atoms with E-state index in [0.29, 0.717) is 0 Å². The van der Waals surface area contributed by atoms with Gasteiger partial charge in [-0.25, -0.2) is 0 Å². The second-order valence-electron chi connectivity index (χ2n) is 12.3. The van der Waals surface area contributed by atoms with E-state index in [1.54, 1.807) is 0 Å². The van der Waals surface area contributed by atoms with E-state index in [4.69, 9.17) is 0 Å². The largest absolute Gasteiger partial charge is 0.0894 e. The molecule has 1 aliphatic heterocycles. The average Bonchev–Trinajstić information content (AvgIpc) is 3.18. The quantitative estimate of drug-likeness (QED) is 0.152. The Kier molecular flexibility index (Phi) is 5.50. The zero-order chi connectivity index (χ0) is 29.1. The van der Waals surface area contributed by atoms with Crippen molar-refractivity contribution in [3.8, 4) is 33.4 Å². The lowest BCUT2D eigenvalue weighted by Gasteiger charge is -2.43. The van der Waals surface area contributed by atoms with Gasteiger partial charge in [-0.05, 0) is 109 Å². The zero-order valence-corrected chi connectivity index (χ0v) is 27.7. The molecule has 206 valence electrons. The first-order chi connectivity index (χ1) is 20.9. The van der Waals surface area contributed by atoms with Crippen molar-refractivity contribution in [2.45, 2.75) is 34.5 Å². The molecule has 0 aromatic heterocycles. The van der Waals surface area contributed by atoms with Crippen LogP contribution in [0, 0.1) is 0 Å². The summed E-state index contributed by atoms with van der Waals surface area (Å²) in [5.74, 6) is 0. The topological polar surface area (TPSA) is 0 Å². The minimum atomic E-state index is -0.537. The summed E-state index contributed by atoms with van der Waals surface area (Å²) in [7, 11) is 0. The number of halogens is 2. The van der Waals surface area contributed by atoms with Crippen molar-refractivity contribution in [3.05, 3.63) is 164 Å². The number of rotatable bonds is 0. The van der Waals surface area contributed by atoms with Crippen LogP contribution in [0.1, 0.15) is 47.2 Å². The Morgan fingerprint density at radius 1 is 0.419 bits per heavy atom. The first-order valence-corrected chi connectivity index (χ1v) is 17.1. The van der Waals surface area contributed by atoms with Gasteiger partial charge in [0.05, 0.1) is 5.41 Å². The van der Waals surface area contributed by atoms with Gasteiger partial charge in [0.2, 0.25) is 0 Å². The lowest BCUT2D eigenvalue weighted by Crippen LogP contribution is -2.35. The first-order valence-electron chi connectivity index (χ1n) is 14.6. The minimum Gasteiger partial charge on any atom is -0.0894 e. The van der Waals surface area contributed by atoms with Gasteiger partial charge in [0.25, 0.3) is 0 Å². The predicted octanol–water partition coefficient (Wildman–Crippen LogP) is 12.0. The van der Waals surface area contributed by atoms with Crippen LogP contribution in [0.5, 0.6) is 0 Å². The van der Waals surface area contributed by atoms with E-state index in [0.717, 1.165) is 8.95 Å². The average molecular weight is 699 g/mol. The molecule has 0 nitrogen and oxygen atoms in total. The fraction of sp³-hybridized carbons (Fsp3) is 0.100. The maximum Gasteiger partial charge on any atom is 0.0736 e. The third kappa shape index (κ3) is 3.39. The van der Waals surface area contributed by atoms with Crippen LogP contribution in [0.4, 0.5) is 0 Å². The van der Waals surface area contributed by atoms with Crippen molar-refractivity contribution in [2.75, 3.05) is 0 Å². The molecule has 3 aliphatic rings. The molecule has 0 saturated heterocycles. The molecule has 0 radical (unpaired) electrons. The van der Waals surface area contributed by atoms with E-state index in [1.165, 1.54) is 76.6 Å². The second-order valence-corrected chi connectivity index (χ2v) is 15.3. The van der Waals surface area contributed by atoms with Gasteiger partial charge < -0.3 is 0 Å². The lowest BCUT2D eigenvalue weighted by molar-refractivity contribution is 0.653. The number of fused-ring (bicyclic) bond motifs is 14. The van der Waals surface area contributed by atoms with Crippen LogP contribution in [-0.4, -0.2) is 0 Å². The maximum atomic E-state index is 3.91. The molecule has 9 rings (SSSR count). The standard InChI is InChI=1S/C40H26Br2S/c1-39(2)31-12-6-5-11-27(31)30-21-36-38(22-33(30)39)43-37-14-8-7-13-32(37)40(36)34-19-23(41)15-17-28(34)25-9-3-4-10-26(25)29-18-16-24(42)20-35(29)40/h3-22H,1-2H3. The van der Waals surface area contributed by atoms with E-state index < -0.39 is 5.41 Å². The summed E-state index contributed by atoms with van der Waals surface area (Å²) >= 11 is 9.74. The molecular weight excluding hydrogens is 672 g/mol. The first kappa shape index (κ1) is 26.1. The van der Waals surface area contributed by atoms with Gasteiger partial charge in [0.1, 0.15) is 0 Å². The number of benzene rings is 6. The molecule has 0 amide bonds. The number of hydrogen-bond acceptors (Lipinski definition) is 1.